The first-order valence-corrected chi connectivity index (χ1v) is 19.4. The number of hydrogen-bond donors (Lipinski definition) is 2. The van der Waals surface area contributed by atoms with Crippen LogP contribution in [0.3, 0.4) is 0 Å². The number of benzene rings is 6. The van der Waals surface area contributed by atoms with Crippen LogP contribution in [0.25, 0.3) is 55.0 Å². The number of nitrogens with two attached hydrogens (primary N) is 2. The predicted molar refractivity (Wildman–Crippen MR) is 232 cm³/mol. The fourth-order valence-electron chi connectivity index (χ4n) is 6.21. The Morgan fingerprint density at radius 2 is 1.02 bits per heavy atom. The SMILES string of the molecule is Brc1ccc(I)c2c1oc1ccccc12.CC1(C)OB(c2ccccc2N)OC1(C)C.Nc1ccccc1-c1ccc(Br)c2oc3ccccc3c12. The molecule has 10 heteroatoms. The van der Waals surface area contributed by atoms with Gasteiger partial charge in [0, 0.05) is 47.5 Å². The van der Waals surface area contributed by atoms with Crippen molar-refractivity contribution in [1.29, 1.82) is 0 Å². The second-order valence-corrected chi connectivity index (χ2v) is 16.4. The highest BCUT2D eigenvalue weighted by Crippen LogP contribution is 2.42. The monoisotopic (exact) mass is 928 g/mol. The molecule has 1 aliphatic heterocycles. The van der Waals surface area contributed by atoms with E-state index in [9.17, 15) is 0 Å². The second kappa shape index (κ2) is 14.6. The molecule has 6 aromatic carbocycles. The van der Waals surface area contributed by atoms with Gasteiger partial charge in [-0.05, 0) is 130 Å². The van der Waals surface area contributed by atoms with Gasteiger partial charge >= 0.3 is 7.12 Å². The molecule has 3 heterocycles. The molecule has 2 aromatic heterocycles. The molecule has 6 nitrogen and oxygen atoms in total. The largest absolute Gasteiger partial charge is 0.496 e. The number of fused-ring (bicyclic) bond motifs is 6. The van der Waals surface area contributed by atoms with Gasteiger partial charge in [0.05, 0.1) is 20.1 Å². The van der Waals surface area contributed by atoms with Crippen molar-refractivity contribution in [2.45, 2.75) is 38.9 Å². The highest BCUT2D eigenvalue weighted by Gasteiger charge is 2.52. The average Bonchev–Trinajstić information content (AvgIpc) is 3.78. The smallest absolute Gasteiger partial charge is 0.455 e. The van der Waals surface area contributed by atoms with Gasteiger partial charge in [-0.1, -0.05) is 78.9 Å². The van der Waals surface area contributed by atoms with Gasteiger partial charge in [-0.3, -0.25) is 0 Å². The lowest BCUT2D eigenvalue weighted by atomic mass is 9.78. The topological polar surface area (TPSA) is 96.8 Å². The summed E-state index contributed by atoms with van der Waals surface area (Å²) < 4.78 is 26.8. The molecule has 0 atom stereocenters. The zero-order valence-electron chi connectivity index (χ0n) is 29.0. The second-order valence-electron chi connectivity index (χ2n) is 13.5. The van der Waals surface area contributed by atoms with Crippen LogP contribution in [-0.2, 0) is 9.31 Å². The minimum absolute atomic E-state index is 0.319. The van der Waals surface area contributed by atoms with E-state index in [0.717, 1.165) is 64.3 Å². The van der Waals surface area contributed by atoms with Gasteiger partial charge in [0.2, 0.25) is 0 Å². The van der Waals surface area contributed by atoms with Gasteiger partial charge in [-0.25, -0.2) is 0 Å². The van der Waals surface area contributed by atoms with E-state index >= 15 is 0 Å². The number of anilines is 2. The fraction of sp³-hybridized carbons (Fsp3) is 0.143. The van der Waals surface area contributed by atoms with Crippen LogP contribution in [0.1, 0.15) is 27.7 Å². The molecule has 4 N–H and O–H groups in total. The summed E-state index contributed by atoms with van der Waals surface area (Å²) in [7, 11) is -0.369. The zero-order chi connectivity index (χ0) is 36.8. The lowest BCUT2D eigenvalue weighted by molar-refractivity contribution is 0.00578. The summed E-state index contributed by atoms with van der Waals surface area (Å²) >= 11 is 9.43. The first kappa shape index (κ1) is 36.5. The molecule has 1 aliphatic rings. The van der Waals surface area contributed by atoms with Crippen molar-refractivity contribution in [3.05, 3.63) is 134 Å². The third-order valence-corrected chi connectivity index (χ3v) is 11.8. The molecule has 9 rings (SSSR count). The average molecular weight is 930 g/mol. The van der Waals surface area contributed by atoms with Crippen LogP contribution in [0.15, 0.2) is 139 Å². The standard InChI is InChI=1S/C18H12BrNO.C12H18BNO2.C12H6BrIO/c19-14-10-9-12(11-5-1-3-7-15(11)20)17-13-6-2-4-8-16(13)21-18(14)17;1-11(2)12(3,4)16-13(15-11)9-7-5-6-8-10(9)14;13-8-5-6-9(14)11-7-3-1-2-4-10(7)15-12(8)11/h1-10H,20H2;5-8H,14H2,1-4H3;1-6H. The van der Waals surface area contributed by atoms with Gasteiger partial charge in [0.15, 0.2) is 5.58 Å². The van der Waals surface area contributed by atoms with Crippen LogP contribution >= 0.6 is 54.5 Å². The summed E-state index contributed by atoms with van der Waals surface area (Å²) in [5.74, 6) is 0. The first-order valence-electron chi connectivity index (χ1n) is 16.8. The van der Waals surface area contributed by atoms with Crippen LogP contribution < -0.4 is 16.9 Å². The third kappa shape index (κ3) is 6.87. The maximum Gasteiger partial charge on any atom is 0.496 e. The van der Waals surface area contributed by atoms with Gasteiger partial charge in [0.25, 0.3) is 0 Å². The summed E-state index contributed by atoms with van der Waals surface area (Å²) in [6.07, 6.45) is 0. The van der Waals surface area contributed by atoms with E-state index < -0.39 is 0 Å². The molecule has 0 unspecified atom stereocenters. The fourth-order valence-corrected chi connectivity index (χ4v) is 7.75. The summed E-state index contributed by atoms with van der Waals surface area (Å²) in [4.78, 5) is 0. The van der Waals surface area contributed by atoms with E-state index in [1.165, 1.54) is 14.3 Å². The quantitative estimate of drug-likeness (QED) is 0.102. The summed E-state index contributed by atoms with van der Waals surface area (Å²) in [5.41, 5.74) is 19.6. The molecular formula is C42H36BBr2IN2O4. The molecule has 0 radical (unpaired) electrons. The lowest BCUT2D eigenvalue weighted by Crippen LogP contribution is -2.41. The van der Waals surface area contributed by atoms with E-state index in [-0.39, 0.29) is 18.3 Å². The Labute approximate surface area is 333 Å². The summed E-state index contributed by atoms with van der Waals surface area (Å²) in [6, 6.07) is 40.0. The van der Waals surface area contributed by atoms with Crippen molar-refractivity contribution in [2.75, 3.05) is 11.5 Å². The Morgan fingerprint density at radius 1 is 0.538 bits per heavy atom. The summed E-state index contributed by atoms with van der Waals surface area (Å²) in [6.45, 7) is 8.14. The maximum atomic E-state index is 6.15. The molecule has 8 aromatic rings. The van der Waals surface area contributed by atoms with E-state index in [4.69, 9.17) is 29.6 Å². The number of para-hydroxylation sites is 4. The van der Waals surface area contributed by atoms with Crippen LogP contribution in [-0.4, -0.2) is 18.3 Å². The zero-order valence-corrected chi connectivity index (χ0v) is 34.4. The van der Waals surface area contributed by atoms with Gasteiger partial charge < -0.3 is 29.6 Å². The lowest BCUT2D eigenvalue weighted by Gasteiger charge is -2.32. The highest BCUT2D eigenvalue weighted by molar-refractivity contribution is 14.1. The minimum Gasteiger partial charge on any atom is -0.455 e. The van der Waals surface area contributed by atoms with Crippen molar-refractivity contribution >= 4 is 122 Å². The number of rotatable bonds is 2. The summed E-state index contributed by atoms with van der Waals surface area (Å²) in [5, 5.41) is 4.57. The highest BCUT2D eigenvalue weighted by atomic mass is 127. The Kier molecular flexibility index (Phi) is 10.2. The van der Waals surface area contributed by atoms with Crippen LogP contribution in [0.4, 0.5) is 11.4 Å². The molecule has 0 amide bonds. The van der Waals surface area contributed by atoms with Crippen molar-refractivity contribution in [2.24, 2.45) is 0 Å². The van der Waals surface area contributed by atoms with E-state index in [0.29, 0.717) is 5.69 Å². The molecule has 262 valence electrons. The molecule has 0 saturated carbocycles. The molecule has 52 heavy (non-hydrogen) atoms. The van der Waals surface area contributed by atoms with Crippen molar-refractivity contribution in [3.63, 3.8) is 0 Å². The van der Waals surface area contributed by atoms with E-state index in [2.05, 4.69) is 78.7 Å². The number of hydrogen-bond acceptors (Lipinski definition) is 6. The molecule has 0 bridgehead atoms. The van der Waals surface area contributed by atoms with Crippen molar-refractivity contribution in [3.8, 4) is 11.1 Å². The third-order valence-electron chi connectivity index (χ3n) is 9.66. The van der Waals surface area contributed by atoms with Crippen LogP contribution in [0.2, 0.25) is 0 Å². The predicted octanol–water partition coefficient (Wildman–Crippen LogP) is 12.1. The normalized spacial score (nSPS) is 14.7. The number of nitrogen functional groups attached to an aromatic ring is 2. The molecule has 0 spiro atoms. The van der Waals surface area contributed by atoms with Crippen LogP contribution in [0, 0.1) is 3.57 Å². The maximum absolute atomic E-state index is 6.15. The Hall–Kier alpha value is -3.81. The van der Waals surface area contributed by atoms with Gasteiger partial charge in [0.1, 0.15) is 16.7 Å². The van der Waals surface area contributed by atoms with Crippen LogP contribution in [0.5, 0.6) is 0 Å². The van der Waals surface area contributed by atoms with E-state index in [1.54, 1.807) is 0 Å². The molecule has 0 aliphatic carbocycles. The van der Waals surface area contributed by atoms with Crippen molar-refractivity contribution < 1.29 is 18.1 Å². The first-order chi connectivity index (χ1) is 24.9. The van der Waals surface area contributed by atoms with Gasteiger partial charge in [-0.2, -0.15) is 0 Å². The van der Waals surface area contributed by atoms with E-state index in [1.807, 2.05) is 125 Å². The molecular weight excluding hydrogens is 894 g/mol. The number of furan rings is 2. The Bertz CT molecular complexity index is 2570. The molecule has 1 fully saturated rings. The Balaban J connectivity index is 0.000000124. The van der Waals surface area contributed by atoms with Gasteiger partial charge in [-0.15, -0.1) is 0 Å². The number of halogens is 3. The molecule has 1 saturated heterocycles. The minimum atomic E-state index is -0.369. The Morgan fingerprint density at radius 3 is 1.62 bits per heavy atom. The van der Waals surface area contributed by atoms with Crippen molar-refractivity contribution in [1.82, 2.24) is 0 Å².